The average Bonchev–Trinajstić information content (AvgIpc) is 3.52. The number of aromatic nitrogens is 2. The lowest BCUT2D eigenvalue weighted by molar-refractivity contribution is 0.663. The quantitative estimate of drug-likeness (QED) is 0.330. The topological polar surface area (TPSA) is 115 Å². The van der Waals surface area contributed by atoms with Gasteiger partial charge in [-0.1, -0.05) is 46.0 Å². The van der Waals surface area contributed by atoms with Crippen LogP contribution in [-0.4, -0.2) is 37.2 Å². The molecular formula is C24H28Cl2N6OS2. The van der Waals surface area contributed by atoms with Crippen molar-refractivity contribution in [3.8, 4) is 12.4 Å². The minimum Gasteiger partial charge on any atom is -0.249 e. The summed E-state index contributed by atoms with van der Waals surface area (Å²) in [7, 11) is -2.52. The fraction of sp³-hybridized carbons (Fsp3) is 0.500. The molecule has 2 aromatic heterocycles. The van der Waals surface area contributed by atoms with Gasteiger partial charge < -0.3 is 0 Å². The summed E-state index contributed by atoms with van der Waals surface area (Å²) in [5.74, 6) is 0.892. The SMILES string of the molecule is CS(=NC#N)C1CCC(c2ccc(Cl)nc2)C1.CS(=O)(=NC#N)C1CCC(c2ccc(Cl)nc2)C1. The molecule has 0 amide bonds. The summed E-state index contributed by atoms with van der Waals surface area (Å²) in [6.45, 7) is 0. The van der Waals surface area contributed by atoms with Crippen molar-refractivity contribution in [2.75, 3.05) is 12.5 Å². The second-order valence-electron chi connectivity index (χ2n) is 8.86. The van der Waals surface area contributed by atoms with Crippen molar-refractivity contribution < 1.29 is 4.21 Å². The van der Waals surface area contributed by atoms with Crippen LogP contribution in [0.15, 0.2) is 45.4 Å². The van der Waals surface area contributed by atoms with Gasteiger partial charge in [0.1, 0.15) is 10.3 Å². The van der Waals surface area contributed by atoms with E-state index in [-0.39, 0.29) is 15.9 Å². The molecule has 6 atom stereocenters. The molecule has 35 heavy (non-hydrogen) atoms. The molecule has 0 aromatic carbocycles. The largest absolute Gasteiger partial charge is 0.249 e. The van der Waals surface area contributed by atoms with E-state index in [4.69, 9.17) is 33.7 Å². The minimum atomic E-state index is -2.39. The fourth-order valence-electron chi connectivity index (χ4n) is 4.74. The molecule has 186 valence electrons. The van der Waals surface area contributed by atoms with Crippen molar-refractivity contribution in [2.24, 2.45) is 8.73 Å². The number of nitriles is 2. The van der Waals surface area contributed by atoms with E-state index in [0.29, 0.717) is 27.4 Å². The van der Waals surface area contributed by atoms with Gasteiger partial charge in [-0.25, -0.2) is 14.2 Å². The highest BCUT2D eigenvalue weighted by molar-refractivity contribution is 7.93. The zero-order valence-electron chi connectivity index (χ0n) is 19.7. The smallest absolute Gasteiger partial charge is 0.214 e. The van der Waals surface area contributed by atoms with Gasteiger partial charge in [0, 0.05) is 29.1 Å². The van der Waals surface area contributed by atoms with Crippen molar-refractivity contribution >= 4 is 43.6 Å². The molecule has 0 aliphatic heterocycles. The van der Waals surface area contributed by atoms with Crippen LogP contribution >= 0.6 is 23.2 Å². The molecule has 2 heterocycles. The van der Waals surface area contributed by atoms with E-state index < -0.39 is 9.73 Å². The molecule has 0 radical (unpaired) electrons. The Morgan fingerprint density at radius 3 is 2.03 bits per heavy atom. The summed E-state index contributed by atoms with van der Waals surface area (Å²) in [5.41, 5.74) is 2.37. The number of hydrogen-bond acceptors (Lipinski definition) is 7. The lowest BCUT2D eigenvalue weighted by atomic mass is 10.00. The third-order valence-electron chi connectivity index (χ3n) is 6.72. The van der Waals surface area contributed by atoms with Gasteiger partial charge in [-0.15, -0.1) is 4.36 Å². The Balaban J connectivity index is 0.000000196. The van der Waals surface area contributed by atoms with Crippen molar-refractivity contribution in [1.82, 2.24) is 9.97 Å². The zero-order chi connectivity index (χ0) is 25.4. The summed E-state index contributed by atoms with van der Waals surface area (Å²) in [4.78, 5) is 8.19. The molecule has 2 saturated carbocycles. The molecule has 4 rings (SSSR count). The Morgan fingerprint density at radius 2 is 1.51 bits per heavy atom. The highest BCUT2D eigenvalue weighted by Crippen LogP contribution is 2.38. The Hall–Kier alpha value is -2.04. The first-order chi connectivity index (χ1) is 16.7. The number of pyridine rings is 2. The second kappa shape index (κ2) is 12.8. The van der Waals surface area contributed by atoms with Gasteiger partial charge in [0.2, 0.25) is 12.4 Å². The summed E-state index contributed by atoms with van der Waals surface area (Å²) in [6, 6.07) is 7.63. The molecule has 0 N–H and O–H groups in total. The summed E-state index contributed by atoms with van der Waals surface area (Å²) in [6.07, 6.45) is 16.9. The van der Waals surface area contributed by atoms with Crippen LogP contribution in [0.3, 0.4) is 0 Å². The van der Waals surface area contributed by atoms with Gasteiger partial charge in [0.05, 0.1) is 9.73 Å². The van der Waals surface area contributed by atoms with E-state index >= 15 is 0 Å². The first-order valence-electron chi connectivity index (χ1n) is 11.3. The first kappa shape index (κ1) is 27.5. The Bertz CT molecular complexity index is 1240. The van der Waals surface area contributed by atoms with Gasteiger partial charge in [0.25, 0.3) is 0 Å². The summed E-state index contributed by atoms with van der Waals surface area (Å²) in [5, 5.41) is 18.7. The van der Waals surface area contributed by atoms with E-state index in [1.807, 2.05) is 24.5 Å². The van der Waals surface area contributed by atoms with Crippen LogP contribution in [0, 0.1) is 22.9 Å². The van der Waals surface area contributed by atoms with Gasteiger partial charge in [-0.3, -0.25) is 0 Å². The molecular weight excluding hydrogens is 523 g/mol. The number of hydrogen-bond donors (Lipinski definition) is 0. The third kappa shape index (κ3) is 7.72. The summed E-state index contributed by atoms with van der Waals surface area (Å²) >= 11 is 11.5. The number of rotatable bonds is 4. The van der Waals surface area contributed by atoms with Crippen molar-refractivity contribution in [3.05, 3.63) is 58.1 Å². The highest BCUT2D eigenvalue weighted by atomic mass is 35.5. The molecule has 0 spiro atoms. The third-order valence-corrected chi connectivity index (χ3v) is 11.0. The van der Waals surface area contributed by atoms with Crippen LogP contribution < -0.4 is 0 Å². The molecule has 2 fully saturated rings. The molecule has 0 saturated heterocycles. The maximum atomic E-state index is 12.2. The average molecular weight is 552 g/mol. The van der Waals surface area contributed by atoms with Crippen molar-refractivity contribution in [1.29, 1.82) is 10.5 Å². The normalized spacial score (nSPS) is 26.0. The first-order valence-corrected chi connectivity index (χ1v) is 15.7. The van der Waals surface area contributed by atoms with Gasteiger partial charge >= 0.3 is 0 Å². The maximum absolute atomic E-state index is 12.2. The molecule has 2 aliphatic carbocycles. The van der Waals surface area contributed by atoms with Gasteiger partial charge in [-0.2, -0.15) is 14.9 Å². The monoisotopic (exact) mass is 550 g/mol. The highest BCUT2D eigenvalue weighted by Gasteiger charge is 2.31. The molecule has 0 bridgehead atoms. The second-order valence-corrected chi connectivity index (χ2v) is 14.1. The van der Waals surface area contributed by atoms with E-state index in [1.165, 1.54) is 5.56 Å². The van der Waals surface area contributed by atoms with E-state index in [9.17, 15) is 4.21 Å². The number of halogens is 2. The number of nitrogens with zero attached hydrogens (tertiary/aromatic N) is 6. The minimum absolute atomic E-state index is 0.00201. The molecule has 2 aromatic rings. The van der Waals surface area contributed by atoms with Crippen LogP contribution in [0.25, 0.3) is 0 Å². The molecule has 2 aliphatic rings. The van der Waals surface area contributed by atoms with Crippen LogP contribution in [-0.2, 0) is 20.4 Å². The standard InChI is InChI=1S/C12H14ClN3OS.C12H14ClN3S/c1-18(17,16-8-14)11-4-2-9(6-11)10-3-5-12(13)15-7-10;1-17(16-8-14)11-4-2-9(6-11)10-3-5-12(13)15-7-10/h3,5,7,9,11H,2,4,6H2,1H3;3,5,7,9,11H,2,4,6H2,1H3. The van der Waals surface area contributed by atoms with Crippen LogP contribution in [0.1, 0.15) is 61.5 Å². The van der Waals surface area contributed by atoms with E-state index in [0.717, 1.165) is 44.1 Å². The summed E-state index contributed by atoms with van der Waals surface area (Å²) < 4.78 is 19.7. The van der Waals surface area contributed by atoms with E-state index in [1.54, 1.807) is 24.7 Å². The molecule has 6 unspecified atom stereocenters. The Kier molecular flexibility index (Phi) is 10.1. The van der Waals surface area contributed by atoms with Gasteiger partial charge in [0.15, 0.2) is 0 Å². The van der Waals surface area contributed by atoms with Gasteiger partial charge in [-0.05, 0) is 79.9 Å². The Labute approximate surface area is 220 Å². The van der Waals surface area contributed by atoms with Crippen LogP contribution in [0.4, 0.5) is 0 Å². The molecule has 7 nitrogen and oxygen atoms in total. The zero-order valence-corrected chi connectivity index (χ0v) is 22.8. The lowest BCUT2D eigenvalue weighted by Gasteiger charge is -2.12. The fourth-order valence-corrected chi connectivity index (χ4v) is 7.71. The van der Waals surface area contributed by atoms with Crippen LogP contribution in [0.2, 0.25) is 10.3 Å². The lowest BCUT2D eigenvalue weighted by Crippen LogP contribution is -2.15. The van der Waals surface area contributed by atoms with Crippen molar-refractivity contribution in [3.63, 3.8) is 0 Å². The van der Waals surface area contributed by atoms with E-state index in [2.05, 4.69) is 31.0 Å². The molecule has 11 heteroatoms. The maximum Gasteiger partial charge on any atom is 0.214 e. The van der Waals surface area contributed by atoms with Crippen LogP contribution in [0.5, 0.6) is 0 Å². The predicted molar refractivity (Wildman–Crippen MR) is 143 cm³/mol. The predicted octanol–water partition coefficient (Wildman–Crippen LogP) is 6.23. The van der Waals surface area contributed by atoms with Crippen molar-refractivity contribution in [2.45, 2.75) is 60.9 Å². The Morgan fingerprint density at radius 1 is 0.943 bits per heavy atom.